The van der Waals surface area contributed by atoms with Crippen molar-refractivity contribution in [1.29, 1.82) is 0 Å². The average molecular weight is 511 g/mol. The average Bonchev–Trinajstić information content (AvgIpc) is 2.90. The SMILES string of the molecule is CCCCCOc1cc(COc2cccc(C(CCC)CC(=O)O)c2)ccc1C1=C(F)C=CC(OC)C1. The molecule has 0 spiro atoms. The second-order valence-corrected chi connectivity index (χ2v) is 9.49. The van der Waals surface area contributed by atoms with Crippen molar-refractivity contribution in [1.82, 2.24) is 0 Å². The van der Waals surface area contributed by atoms with Crippen LogP contribution < -0.4 is 9.47 Å². The third-order valence-corrected chi connectivity index (χ3v) is 6.62. The molecule has 0 radical (unpaired) electrons. The first-order valence-corrected chi connectivity index (χ1v) is 13.2. The topological polar surface area (TPSA) is 65.0 Å². The second-order valence-electron chi connectivity index (χ2n) is 9.49. The lowest BCUT2D eigenvalue weighted by atomic mass is 9.91. The first kappa shape index (κ1) is 28.5. The lowest BCUT2D eigenvalue weighted by molar-refractivity contribution is -0.137. The minimum absolute atomic E-state index is 0.0444. The van der Waals surface area contributed by atoms with Crippen molar-refractivity contribution in [2.45, 2.75) is 77.4 Å². The molecule has 0 saturated heterocycles. The zero-order valence-electron chi connectivity index (χ0n) is 22.2. The van der Waals surface area contributed by atoms with Crippen molar-refractivity contribution in [3.8, 4) is 11.5 Å². The maximum Gasteiger partial charge on any atom is 0.303 e. The van der Waals surface area contributed by atoms with Gasteiger partial charge in [0, 0.05) is 24.7 Å². The first-order chi connectivity index (χ1) is 17.9. The number of allylic oxidation sites excluding steroid dienone is 2. The summed E-state index contributed by atoms with van der Waals surface area (Å²) in [6.45, 7) is 5.08. The summed E-state index contributed by atoms with van der Waals surface area (Å²) >= 11 is 0. The first-order valence-electron chi connectivity index (χ1n) is 13.2. The van der Waals surface area contributed by atoms with Gasteiger partial charge in [-0.05, 0) is 54.2 Å². The highest BCUT2D eigenvalue weighted by molar-refractivity contribution is 5.75. The summed E-state index contributed by atoms with van der Waals surface area (Å²) in [6.07, 6.45) is 8.39. The van der Waals surface area contributed by atoms with Crippen LogP contribution in [0, 0.1) is 0 Å². The van der Waals surface area contributed by atoms with E-state index in [0.717, 1.165) is 48.8 Å². The smallest absolute Gasteiger partial charge is 0.303 e. The summed E-state index contributed by atoms with van der Waals surface area (Å²) in [6, 6.07) is 13.4. The monoisotopic (exact) mass is 510 g/mol. The van der Waals surface area contributed by atoms with Crippen LogP contribution in [0.1, 0.15) is 81.4 Å². The Bertz CT molecular complexity index is 1090. The molecule has 0 fully saturated rings. The molecular weight excluding hydrogens is 471 g/mol. The van der Waals surface area contributed by atoms with Crippen LogP contribution in [0.15, 0.2) is 60.4 Å². The van der Waals surface area contributed by atoms with Gasteiger partial charge >= 0.3 is 5.97 Å². The normalized spacial score (nSPS) is 16.1. The molecule has 0 aromatic heterocycles. The van der Waals surface area contributed by atoms with E-state index in [4.69, 9.17) is 14.2 Å². The predicted molar refractivity (Wildman–Crippen MR) is 145 cm³/mol. The van der Waals surface area contributed by atoms with Crippen LogP contribution >= 0.6 is 0 Å². The highest BCUT2D eigenvalue weighted by Crippen LogP contribution is 2.37. The third kappa shape index (κ3) is 8.46. The minimum Gasteiger partial charge on any atom is -0.493 e. The Morgan fingerprint density at radius 3 is 2.68 bits per heavy atom. The zero-order chi connectivity index (χ0) is 26.6. The Morgan fingerprint density at radius 2 is 1.95 bits per heavy atom. The number of hydrogen-bond acceptors (Lipinski definition) is 4. The molecule has 200 valence electrons. The summed E-state index contributed by atoms with van der Waals surface area (Å²) in [5.41, 5.74) is 3.20. The fraction of sp³-hybridized carbons (Fsp3) is 0.452. The molecule has 0 bridgehead atoms. The van der Waals surface area contributed by atoms with Crippen LogP contribution in [0.4, 0.5) is 4.39 Å². The Balaban J connectivity index is 1.79. The van der Waals surface area contributed by atoms with Crippen LogP contribution in [0.25, 0.3) is 5.57 Å². The molecule has 0 saturated carbocycles. The number of carbonyl (C=O) groups is 1. The fourth-order valence-corrected chi connectivity index (χ4v) is 4.59. The van der Waals surface area contributed by atoms with Gasteiger partial charge in [0.25, 0.3) is 0 Å². The number of methoxy groups -OCH3 is 1. The van der Waals surface area contributed by atoms with Crippen molar-refractivity contribution >= 4 is 11.5 Å². The summed E-state index contributed by atoms with van der Waals surface area (Å²) in [5, 5.41) is 9.29. The number of ether oxygens (including phenoxy) is 3. The number of hydrogen-bond donors (Lipinski definition) is 1. The predicted octanol–water partition coefficient (Wildman–Crippen LogP) is 7.85. The van der Waals surface area contributed by atoms with E-state index in [-0.39, 0.29) is 24.3 Å². The van der Waals surface area contributed by atoms with Gasteiger partial charge in [-0.2, -0.15) is 0 Å². The lowest BCUT2D eigenvalue weighted by Crippen LogP contribution is -2.12. The van der Waals surface area contributed by atoms with E-state index >= 15 is 0 Å². The highest BCUT2D eigenvalue weighted by atomic mass is 19.1. The molecule has 5 nitrogen and oxygen atoms in total. The van der Waals surface area contributed by atoms with Gasteiger partial charge < -0.3 is 19.3 Å². The maximum atomic E-state index is 14.8. The molecule has 0 aliphatic heterocycles. The highest BCUT2D eigenvalue weighted by Gasteiger charge is 2.21. The van der Waals surface area contributed by atoms with E-state index in [2.05, 4.69) is 13.8 Å². The molecule has 2 aromatic carbocycles. The quantitative estimate of drug-likeness (QED) is 0.247. The lowest BCUT2D eigenvalue weighted by Gasteiger charge is -2.21. The van der Waals surface area contributed by atoms with Crippen LogP contribution in [-0.4, -0.2) is 30.9 Å². The summed E-state index contributed by atoms with van der Waals surface area (Å²) in [5.74, 6) is 0.221. The van der Waals surface area contributed by atoms with Gasteiger partial charge in [-0.1, -0.05) is 63.5 Å². The molecule has 0 heterocycles. The molecule has 6 heteroatoms. The molecule has 1 aliphatic rings. The van der Waals surface area contributed by atoms with Crippen LogP contribution in [0.5, 0.6) is 11.5 Å². The molecule has 2 aromatic rings. The minimum atomic E-state index is -0.798. The number of rotatable bonds is 15. The van der Waals surface area contributed by atoms with Crippen LogP contribution in [-0.2, 0) is 16.1 Å². The second kappa shape index (κ2) is 14.6. The molecule has 2 unspecified atom stereocenters. The van der Waals surface area contributed by atoms with E-state index in [1.807, 2.05) is 42.5 Å². The zero-order valence-corrected chi connectivity index (χ0v) is 22.2. The summed E-state index contributed by atoms with van der Waals surface area (Å²) in [4.78, 5) is 11.3. The van der Waals surface area contributed by atoms with Gasteiger partial charge in [-0.25, -0.2) is 4.39 Å². The number of aliphatic carboxylic acids is 1. The van der Waals surface area contributed by atoms with E-state index in [9.17, 15) is 14.3 Å². The molecular formula is C31H39FO5. The van der Waals surface area contributed by atoms with Crippen molar-refractivity contribution in [2.24, 2.45) is 0 Å². The van der Waals surface area contributed by atoms with Gasteiger partial charge in [0.2, 0.25) is 0 Å². The molecule has 0 amide bonds. The number of halogens is 1. The summed E-state index contributed by atoms with van der Waals surface area (Å²) in [7, 11) is 1.62. The van der Waals surface area contributed by atoms with Gasteiger partial charge in [0.15, 0.2) is 0 Å². The van der Waals surface area contributed by atoms with E-state index in [1.165, 1.54) is 6.08 Å². The van der Waals surface area contributed by atoms with Crippen molar-refractivity contribution in [2.75, 3.05) is 13.7 Å². The Kier molecular flexibility index (Phi) is 11.2. The van der Waals surface area contributed by atoms with E-state index in [1.54, 1.807) is 13.2 Å². The Labute approximate surface area is 219 Å². The van der Waals surface area contributed by atoms with Crippen molar-refractivity contribution in [3.63, 3.8) is 0 Å². The maximum absolute atomic E-state index is 14.8. The van der Waals surface area contributed by atoms with Gasteiger partial charge in [0.05, 0.1) is 19.1 Å². The standard InChI is InChI=1S/C31H39FO5/c1-4-6-7-16-36-30-17-22(12-14-27(30)28-20-25(35-3)13-15-29(28)32)21-37-26-11-8-10-24(18-26)23(9-5-2)19-31(33)34/h8,10-15,17-18,23,25H,4-7,9,16,19-21H2,1-3H3,(H,33,34). The van der Waals surface area contributed by atoms with Crippen LogP contribution in [0.2, 0.25) is 0 Å². The number of unbranched alkanes of at least 4 members (excludes halogenated alkanes) is 2. The largest absolute Gasteiger partial charge is 0.493 e. The molecule has 2 atom stereocenters. The van der Waals surface area contributed by atoms with E-state index in [0.29, 0.717) is 36.7 Å². The van der Waals surface area contributed by atoms with Crippen LogP contribution in [0.3, 0.4) is 0 Å². The number of carboxylic acid groups (broad SMARTS) is 1. The fourth-order valence-electron chi connectivity index (χ4n) is 4.59. The third-order valence-electron chi connectivity index (χ3n) is 6.62. The van der Waals surface area contributed by atoms with Gasteiger partial charge in [-0.15, -0.1) is 0 Å². The van der Waals surface area contributed by atoms with Crippen molar-refractivity contribution < 1.29 is 28.5 Å². The van der Waals surface area contributed by atoms with Crippen molar-refractivity contribution in [3.05, 3.63) is 77.1 Å². The number of benzene rings is 2. The van der Waals surface area contributed by atoms with Gasteiger partial charge in [-0.3, -0.25) is 4.79 Å². The number of carboxylic acids is 1. The Morgan fingerprint density at radius 1 is 1.11 bits per heavy atom. The molecule has 1 N–H and O–H groups in total. The summed E-state index contributed by atoms with van der Waals surface area (Å²) < 4.78 is 32.5. The molecule has 3 rings (SSSR count). The Hall–Kier alpha value is -3.12. The van der Waals surface area contributed by atoms with E-state index < -0.39 is 5.97 Å². The molecule has 37 heavy (non-hydrogen) atoms. The molecule has 1 aliphatic carbocycles. The van der Waals surface area contributed by atoms with Gasteiger partial charge in [0.1, 0.15) is 23.9 Å².